The fourth-order valence-corrected chi connectivity index (χ4v) is 3.52. The van der Waals surface area contributed by atoms with E-state index >= 15 is 0 Å². The molecule has 0 spiro atoms. The van der Waals surface area contributed by atoms with Crippen LogP contribution in [0.2, 0.25) is 0 Å². The van der Waals surface area contributed by atoms with Gasteiger partial charge in [0.15, 0.2) is 0 Å². The summed E-state index contributed by atoms with van der Waals surface area (Å²) in [6.07, 6.45) is 5.56. The number of anilines is 1. The van der Waals surface area contributed by atoms with Crippen molar-refractivity contribution in [3.05, 3.63) is 66.0 Å². The van der Waals surface area contributed by atoms with Gasteiger partial charge in [0, 0.05) is 36.9 Å². The normalized spacial score (nSPS) is 17.0. The molecule has 1 fully saturated rings. The molecule has 3 heterocycles. The Balaban J connectivity index is 1.65. The summed E-state index contributed by atoms with van der Waals surface area (Å²) in [5.74, 6) is 0.907. The van der Waals surface area contributed by atoms with Crippen molar-refractivity contribution in [1.29, 1.82) is 0 Å². The van der Waals surface area contributed by atoms with E-state index in [0.29, 0.717) is 0 Å². The van der Waals surface area contributed by atoms with E-state index in [1.807, 2.05) is 54.4 Å². The highest BCUT2D eigenvalue weighted by Gasteiger charge is 2.30. The van der Waals surface area contributed by atoms with Gasteiger partial charge in [-0.2, -0.15) is 0 Å². The van der Waals surface area contributed by atoms with Crippen LogP contribution < -0.4 is 5.32 Å². The lowest BCUT2D eigenvalue weighted by Gasteiger charge is -2.25. The summed E-state index contributed by atoms with van der Waals surface area (Å²) in [4.78, 5) is 23.7. The predicted molar refractivity (Wildman–Crippen MR) is 98.5 cm³/mol. The van der Waals surface area contributed by atoms with Crippen LogP contribution in [-0.4, -0.2) is 34.4 Å². The Morgan fingerprint density at radius 2 is 2.08 bits per heavy atom. The van der Waals surface area contributed by atoms with Crippen molar-refractivity contribution in [1.82, 2.24) is 14.9 Å². The minimum absolute atomic E-state index is 0.0797. The van der Waals surface area contributed by atoms with Crippen molar-refractivity contribution < 1.29 is 4.79 Å². The SMILES string of the molecule is CNc1cc([C@H]2CCCN2C(=O)c2ccc3ncccc3c2)ccn1. The number of carbonyl (C=O) groups is 1. The number of benzene rings is 1. The summed E-state index contributed by atoms with van der Waals surface area (Å²) in [6.45, 7) is 0.784. The molecule has 2 aromatic heterocycles. The van der Waals surface area contributed by atoms with Crippen LogP contribution in [0.1, 0.15) is 34.8 Å². The Bertz CT molecular complexity index is 924. The smallest absolute Gasteiger partial charge is 0.254 e. The number of fused-ring (bicyclic) bond motifs is 1. The molecule has 0 unspecified atom stereocenters. The first kappa shape index (κ1) is 15.6. The molecule has 0 radical (unpaired) electrons. The summed E-state index contributed by atoms with van der Waals surface area (Å²) in [7, 11) is 1.85. The molecule has 0 saturated carbocycles. The van der Waals surface area contributed by atoms with E-state index < -0.39 is 0 Å². The van der Waals surface area contributed by atoms with Crippen molar-refractivity contribution in [2.45, 2.75) is 18.9 Å². The van der Waals surface area contributed by atoms with E-state index in [4.69, 9.17) is 0 Å². The van der Waals surface area contributed by atoms with Crippen LogP contribution in [0.5, 0.6) is 0 Å². The topological polar surface area (TPSA) is 58.1 Å². The van der Waals surface area contributed by atoms with Crippen molar-refractivity contribution in [2.75, 3.05) is 18.9 Å². The largest absolute Gasteiger partial charge is 0.373 e. The van der Waals surface area contributed by atoms with Gasteiger partial charge in [-0.05, 0) is 54.8 Å². The maximum absolute atomic E-state index is 13.1. The van der Waals surface area contributed by atoms with Crippen LogP contribution in [0.4, 0.5) is 5.82 Å². The summed E-state index contributed by atoms with van der Waals surface area (Å²) in [6, 6.07) is 13.7. The Labute approximate surface area is 146 Å². The number of nitrogens with zero attached hydrogens (tertiary/aromatic N) is 3. The molecule has 5 nitrogen and oxygen atoms in total. The Morgan fingerprint density at radius 1 is 1.16 bits per heavy atom. The number of rotatable bonds is 3. The van der Waals surface area contributed by atoms with Crippen LogP contribution in [0.25, 0.3) is 10.9 Å². The number of aromatic nitrogens is 2. The molecule has 1 aliphatic rings. The van der Waals surface area contributed by atoms with Crippen LogP contribution in [0.15, 0.2) is 54.9 Å². The third kappa shape index (κ3) is 2.93. The molecule has 25 heavy (non-hydrogen) atoms. The number of hydrogen-bond donors (Lipinski definition) is 1. The molecule has 1 amide bonds. The van der Waals surface area contributed by atoms with Gasteiger partial charge >= 0.3 is 0 Å². The zero-order valence-electron chi connectivity index (χ0n) is 14.1. The van der Waals surface area contributed by atoms with E-state index in [-0.39, 0.29) is 11.9 Å². The van der Waals surface area contributed by atoms with Gasteiger partial charge in [-0.3, -0.25) is 9.78 Å². The van der Waals surface area contributed by atoms with Gasteiger partial charge < -0.3 is 10.2 Å². The first-order valence-corrected chi connectivity index (χ1v) is 8.56. The van der Waals surface area contributed by atoms with Gasteiger partial charge in [-0.25, -0.2) is 4.98 Å². The number of amides is 1. The molecule has 1 saturated heterocycles. The third-order valence-corrected chi connectivity index (χ3v) is 4.79. The van der Waals surface area contributed by atoms with E-state index in [2.05, 4.69) is 15.3 Å². The molecule has 1 aromatic carbocycles. The third-order valence-electron chi connectivity index (χ3n) is 4.79. The Morgan fingerprint density at radius 3 is 2.96 bits per heavy atom. The average molecular weight is 332 g/mol. The second kappa shape index (κ2) is 6.51. The van der Waals surface area contributed by atoms with Crippen LogP contribution >= 0.6 is 0 Å². The monoisotopic (exact) mass is 332 g/mol. The molecule has 1 N–H and O–H groups in total. The lowest BCUT2D eigenvalue weighted by Crippen LogP contribution is -2.30. The zero-order valence-corrected chi connectivity index (χ0v) is 14.1. The van der Waals surface area contributed by atoms with Crippen LogP contribution in [0, 0.1) is 0 Å². The zero-order chi connectivity index (χ0) is 17.2. The minimum atomic E-state index is 0.0797. The predicted octanol–water partition coefficient (Wildman–Crippen LogP) is 3.65. The van der Waals surface area contributed by atoms with Gasteiger partial charge in [0.25, 0.3) is 5.91 Å². The highest BCUT2D eigenvalue weighted by molar-refractivity contribution is 5.98. The standard InChI is InChI=1S/C20H20N4O/c1-21-19-13-15(8-10-23-19)18-5-3-11-24(18)20(25)16-6-7-17-14(12-16)4-2-9-22-17/h2,4,6-10,12-13,18H,3,5,11H2,1H3,(H,21,23)/t18-/m1/s1. The van der Waals surface area contributed by atoms with Crippen LogP contribution in [-0.2, 0) is 0 Å². The number of pyridine rings is 2. The van der Waals surface area contributed by atoms with E-state index in [1.165, 1.54) is 0 Å². The second-order valence-electron chi connectivity index (χ2n) is 6.29. The highest BCUT2D eigenvalue weighted by atomic mass is 16.2. The van der Waals surface area contributed by atoms with Gasteiger partial charge in [0.2, 0.25) is 0 Å². The second-order valence-corrected chi connectivity index (χ2v) is 6.29. The fraction of sp³-hybridized carbons (Fsp3) is 0.250. The summed E-state index contributed by atoms with van der Waals surface area (Å²) in [5, 5.41) is 4.06. The van der Waals surface area contributed by atoms with Crippen molar-refractivity contribution >= 4 is 22.6 Å². The summed E-state index contributed by atoms with van der Waals surface area (Å²) in [5.41, 5.74) is 2.76. The molecule has 1 aliphatic heterocycles. The molecule has 0 bridgehead atoms. The van der Waals surface area contributed by atoms with Crippen molar-refractivity contribution in [3.8, 4) is 0 Å². The maximum atomic E-state index is 13.1. The van der Waals surface area contributed by atoms with Gasteiger partial charge in [-0.1, -0.05) is 6.07 Å². The quantitative estimate of drug-likeness (QED) is 0.795. The van der Waals surface area contributed by atoms with Gasteiger partial charge in [-0.15, -0.1) is 0 Å². The Kier molecular flexibility index (Phi) is 4.06. The van der Waals surface area contributed by atoms with E-state index in [0.717, 1.165) is 47.2 Å². The van der Waals surface area contributed by atoms with Crippen molar-refractivity contribution in [2.24, 2.45) is 0 Å². The molecule has 5 heteroatoms. The lowest BCUT2D eigenvalue weighted by atomic mass is 10.0. The molecule has 126 valence electrons. The fourth-order valence-electron chi connectivity index (χ4n) is 3.52. The molecule has 4 rings (SSSR count). The minimum Gasteiger partial charge on any atom is -0.373 e. The lowest BCUT2D eigenvalue weighted by molar-refractivity contribution is 0.0736. The van der Waals surface area contributed by atoms with E-state index in [1.54, 1.807) is 12.4 Å². The highest BCUT2D eigenvalue weighted by Crippen LogP contribution is 2.34. The number of nitrogens with one attached hydrogen (secondary N) is 1. The molecule has 1 atom stereocenters. The van der Waals surface area contributed by atoms with Gasteiger partial charge in [0.05, 0.1) is 11.6 Å². The number of hydrogen-bond acceptors (Lipinski definition) is 4. The first-order chi connectivity index (χ1) is 12.3. The van der Waals surface area contributed by atoms with Gasteiger partial charge in [0.1, 0.15) is 5.82 Å². The molecule has 3 aromatic rings. The average Bonchev–Trinajstić information content (AvgIpc) is 3.17. The number of carbonyl (C=O) groups excluding carboxylic acids is 1. The summed E-state index contributed by atoms with van der Waals surface area (Å²) >= 11 is 0. The summed E-state index contributed by atoms with van der Waals surface area (Å²) < 4.78 is 0. The molecule has 0 aliphatic carbocycles. The number of likely N-dealkylation sites (tertiary alicyclic amines) is 1. The molecular formula is C20H20N4O. The van der Waals surface area contributed by atoms with Crippen molar-refractivity contribution in [3.63, 3.8) is 0 Å². The Hall–Kier alpha value is -2.95. The van der Waals surface area contributed by atoms with E-state index in [9.17, 15) is 4.79 Å². The first-order valence-electron chi connectivity index (χ1n) is 8.56. The van der Waals surface area contributed by atoms with Crippen LogP contribution in [0.3, 0.4) is 0 Å². The maximum Gasteiger partial charge on any atom is 0.254 e. The molecular weight excluding hydrogens is 312 g/mol.